The highest BCUT2D eigenvalue weighted by Crippen LogP contribution is 2.28. The molecule has 0 saturated carbocycles. The number of carboxylic acid groups (broad SMARTS) is 1. The van der Waals surface area contributed by atoms with Crippen molar-refractivity contribution in [2.24, 2.45) is 0 Å². The van der Waals surface area contributed by atoms with Crippen molar-refractivity contribution in [3.05, 3.63) is 29.6 Å². The lowest BCUT2D eigenvalue weighted by Crippen LogP contribution is -2.19. The molecule has 0 aromatic heterocycles. The molecule has 0 unspecified atom stereocenters. The van der Waals surface area contributed by atoms with Gasteiger partial charge in [0.25, 0.3) is 0 Å². The highest BCUT2D eigenvalue weighted by atomic mass is 19.4. The minimum absolute atomic E-state index is 0.632. The Morgan fingerprint density at radius 1 is 1.38 bits per heavy atom. The third-order valence-corrected chi connectivity index (χ3v) is 1.63. The molecule has 0 radical (unpaired) electrons. The first kappa shape index (κ1) is 12.3. The van der Waals surface area contributed by atoms with Crippen LogP contribution in [0.4, 0.5) is 17.6 Å². The summed E-state index contributed by atoms with van der Waals surface area (Å²) in [5, 5.41) is 8.41. The van der Waals surface area contributed by atoms with Crippen LogP contribution in [0, 0.1) is 5.82 Å². The number of halogens is 4. The van der Waals surface area contributed by atoms with Crippen molar-refractivity contribution in [1.82, 2.24) is 0 Å². The molecule has 0 spiro atoms. The second kappa shape index (κ2) is 4.38. The smallest absolute Gasteiger partial charge is 0.481 e. The van der Waals surface area contributed by atoms with Crippen molar-refractivity contribution in [3.63, 3.8) is 0 Å². The minimum Gasteiger partial charge on any atom is -0.481 e. The molecule has 1 aromatic carbocycles. The van der Waals surface area contributed by atoms with Crippen LogP contribution in [0.5, 0.6) is 5.75 Å². The zero-order valence-electron chi connectivity index (χ0n) is 7.71. The van der Waals surface area contributed by atoms with Crippen LogP contribution < -0.4 is 4.74 Å². The van der Waals surface area contributed by atoms with Crippen molar-refractivity contribution in [2.45, 2.75) is 12.8 Å². The largest absolute Gasteiger partial charge is 0.573 e. The van der Waals surface area contributed by atoms with Gasteiger partial charge in [0.15, 0.2) is 0 Å². The topological polar surface area (TPSA) is 46.5 Å². The molecule has 16 heavy (non-hydrogen) atoms. The summed E-state index contributed by atoms with van der Waals surface area (Å²) in [6, 6.07) is 2.72. The lowest BCUT2D eigenvalue weighted by Gasteiger charge is -2.12. The van der Waals surface area contributed by atoms with Crippen LogP contribution in [-0.2, 0) is 11.2 Å². The number of ether oxygens (including phenoxy) is 1. The first-order valence-corrected chi connectivity index (χ1v) is 4.04. The fraction of sp³-hybridized carbons (Fsp3) is 0.222. The third kappa shape index (κ3) is 3.41. The minimum atomic E-state index is -4.99. The van der Waals surface area contributed by atoms with Gasteiger partial charge in [-0.15, -0.1) is 13.2 Å². The van der Waals surface area contributed by atoms with Crippen LogP contribution >= 0.6 is 0 Å². The van der Waals surface area contributed by atoms with Crippen molar-refractivity contribution < 1.29 is 32.2 Å². The average Bonchev–Trinajstić information content (AvgIpc) is 2.08. The molecule has 3 nitrogen and oxygen atoms in total. The van der Waals surface area contributed by atoms with Gasteiger partial charge in [-0.25, -0.2) is 4.39 Å². The van der Waals surface area contributed by atoms with E-state index in [1.165, 1.54) is 0 Å². The molecule has 0 aliphatic rings. The second-order valence-corrected chi connectivity index (χ2v) is 2.83. The van der Waals surface area contributed by atoms with Crippen LogP contribution in [0.25, 0.3) is 0 Å². The maximum atomic E-state index is 13.1. The molecule has 1 N–H and O–H groups in total. The van der Waals surface area contributed by atoms with Crippen LogP contribution in [0.15, 0.2) is 18.2 Å². The number of benzene rings is 1. The van der Waals surface area contributed by atoms with E-state index < -0.39 is 35.9 Å². The molecule has 88 valence electrons. The summed E-state index contributed by atoms with van der Waals surface area (Å²) in [5.41, 5.74) is -0.632. The number of carboxylic acids is 1. The Hall–Kier alpha value is -1.79. The molecule has 7 heteroatoms. The molecule has 0 amide bonds. The van der Waals surface area contributed by atoms with Crippen LogP contribution in [0.2, 0.25) is 0 Å². The van der Waals surface area contributed by atoms with Crippen molar-refractivity contribution in [3.8, 4) is 5.75 Å². The lowest BCUT2D eigenvalue weighted by atomic mass is 10.1. The summed E-state index contributed by atoms with van der Waals surface area (Å²) in [6.45, 7) is 0. The van der Waals surface area contributed by atoms with E-state index in [1.54, 1.807) is 0 Å². The van der Waals surface area contributed by atoms with E-state index in [9.17, 15) is 22.4 Å². The SMILES string of the molecule is O=C(O)Cc1c(F)cccc1OC(F)(F)F. The maximum absolute atomic E-state index is 13.1. The maximum Gasteiger partial charge on any atom is 0.573 e. The van der Waals surface area contributed by atoms with Gasteiger partial charge in [-0.1, -0.05) is 6.07 Å². The van der Waals surface area contributed by atoms with E-state index in [0.29, 0.717) is 0 Å². The summed E-state index contributed by atoms with van der Waals surface area (Å²) >= 11 is 0. The van der Waals surface area contributed by atoms with Gasteiger partial charge in [-0.2, -0.15) is 0 Å². The number of alkyl halides is 3. The molecule has 0 aliphatic heterocycles. The summed E-state index contributed by atoms with van der Waals surface area (Å²) < 4.78 is 52.3. The standard InChI is InChI=1S/C9H6F4O3/c10-6-2-1-3-7(16-9(11,12)13)5(6)4-8(14)15/h1-3H,4H2,(H,14,15). The zero-order chi connectivity index (χ0) is 12.3. The molecule has 0 atom stereocenters. The van der Waals surface area contributed by atoms with Gasteiger partial charge >= 0.3 is 12.3 Å². The molecule has 0 heterocycles. The predicted octanol–water partition coefficient (Wildman–Crippen LogP) is 2.35. The van der Waals surface area contributed by atoms with Gasteiger partial charge in [-0.05, 0) is 12.1 Å². The highest BCUT2D eigenvalue weighted by molar-refractivity contribution is 5.71. The van der Waals surface area contributed by atoms with Gasteiger partial charge in [0.1, 0.15) is 11.6 Å². The van der Waals surface area contributed by atoms with Crippen LogP contribution in [0.1, 0.15) is 5.56 Å². The van der Waals surface area contributed by atoms with E-state index in [-0.39, 0.29) is 0 Å². The molecular formula is C9H6F4O3. The molecular weight excluding hydrogens is 232 g/mol. The Morgan fingerprint density at radius 3 is 2.50 bits per heavy atom. The average molecular weight is 238 g/mol. The van der Waals surface area contributed by atoms with Gasteiger partial charge in [0.05, 0.1) is 6.42 Å². The Bertz CT molecular complexity index is 400. The Balaban J connectivity index is 3.07. The predicted molar refractivity (Wildman–Crippen MR) is 44.4 cm³/mol. The van der Waals surface area contributed by atoms with E-state index in [1.807, 2.05) is 0 Å². The van der Waals surface area contributed by atoms with Gasteiger partial charge in [0, 0.05) is 5.56 Å². The van der Waals surface area contributed by atoms with E-state index >= 15 is 0 Å². The molecule has 0 bridgehead atoms. The van der Waals surface area contributed by atoms with Crippen LogP contribution in [0.3, 0.4) is 0 Å². The van der Waals surface area contributed by atoms with E-state index in [4.69, 9.17) is 5.11 Å². The third-order valence-electron chi connectivity index (χ3n) is 1.63. The Morgan fingerprint density at radius 2 is 2.00 bits per heavy atom. The number of carbonyl (C=O) groups is 1. The first-order chi connectivity index (χ1) is 7.29. The normalized spacial score (nSPS) is 11.2. The monoisotopic (exact) mass is 238 g/mol. The van der Waals surface area contributed by atoms with Gasteiger partial charge < -0.3 is 9.84 Å². The fourth-order valence-corrected chi connectivity index (χ4v) is 1.08. The summed E-state index contributed by atoms with van der Waals surface area (Å²) in [7, 11) is 0. The molecule has 1 aromatic rings. The van der Waals surface area contributed by atoms with Crippen molar-refractivity contribution in [2.75, 3.05) is 0 Å². The molecule has 0 saturated heterocycles. The van der Waals surface area contributed by atoms with Gasteiger partial charge in [-0.3, -0.25) is 4.79 Å². The second-order valence-electron chi connectivity index (χ2n) is 2.83. The van der Waals surface area contributed by atoms with Crippen molar-refractivity contribution in [1.29, 1.82) is 0 Å². The summed E-state index contributed by atoms with van der Waals surface area (Å²) in [6.07, 6.45) is -5.86. The molecule has 1 rings (SSSR count). The number of hydrogen-bond acceptors (Lipinski definition) is 2. The Kier molecular flexibility index (Phi) is 3.36. The number of rotatable bonds is 3. The summed E-state index contributed by atoms with van der Waals surface area (Å²) in [4.78, 5) is 10.3. The van der Waals surface area contributed by atoms with Gasteiger partial charge in [0.2, 0.25) is 0 Å². The summed E-state index contributed by atoms with van der Waals surface area (Å²) in [5.74, 6) is -3.34. The quantitative estimate of drug-likeness (QED) is 0.822. The highest BCUT2D eigenvalue weighted by Gasteiger charge is 2.32. The van der Waals surface area contributed by atoms with Crippen LogP contribution in [-0.4, -0.2) is 17.4 Å². The first-order valence-electron chi connectivity index (χ1n) is 4.04. The Labute approximate surface area is 87.3 Å². The number of aliphatic carboxylic acids is 1. The molecule has 0 fully saturated rings. The number of hydrogen-bond donors (Lipinski definition) is 1. The lowest BCUT2D eigenvalue weighted by molar-refractivity contribution is -0.275. The van der Waals surface area contributed by atoms with E-state index in [0.717, 1.165) is 18.2 Å². The molecule has 0 aliphatic carbocycles. The zero-order valence-corrected chi connectivity index (χ0v) is 7.71. The van der Waals surface area contributed by atoms with Crippen molar-refractivity contribution >= 4 is 5.97 Å². The fourth-order valence-electron chi connectivity index (χ4n) is 1.08. The van der Waals surface area contributed by atoms with E-state index in [2.05, 4.69) is 4.74 Å².